The Balaban J connectivity index is 1.94. The molecule has 0 fully saturated rings. The van der Waals surface area contributed by atoms with Crippen molar-refractivity contribution < 1.29 is 19.1 Å². The van der Waals surface area contributed by atoms with Gasteiger partial charge in [0.25, 0.3) is 11.5 Å². The van der Waals surface area contributed by atoms with Crippen molar-refractivity contribution in [1.82, 2.24) is 24.6 Å². The molecule has 1 aromatic carbocycles. The van der Waals surface area contributed by atoms with Crippen LogP contribution in [-0.4, -0.2) is 56.4 Å². The Kier molecular flexibility index (Phi) is 5.09. The Morgan fingerprint density at radius 3 is 2.61 bits per heavy atom. The molecule has 3 heterocycles. The van der Waals surface area contributed by atoms with E-state index < -0.39 is 29.1 Å². The zero-order valence-electron chi connectivity index (χ0n) is 17.0. The second-order valence-corrected chi connectivity index (χ2v) is 7.22. The molecule has 1 aliphatic heterocycles. The van der Waals surface area contributed by atoms with E-state index in [0.717, 1.165) is 4.68 Å². The van der Waals surface area contributed by atoms with Crippen LogP contribution in [0.25, 0.3) is 10.9 Å². The number of hydrogen-bond donors (Lipinski definition) is 3. The highest BCUT2D eigenvalue weighted by Gasteiger charge is 2.33. The van der Waals surface area contributed by atoms with Crippen molar-refractivity contribution in [3.05, 3.63) is 51.7 Å². The van der Waals surface area contributed by atoms with Gasteiger partial charge in [-0.3, -0.25) is 14.9 Å². The van der Waals surface area contributed by atoms with Gasteiger partial charge in [-0.1, -0.05) is 12.1 Å². The molecule has 0 saturated heterocycles. The summed E-state index contributed by atoms with van der Waals surface area (Å²) in [6.07, 6.45) is 0. The third-order valence-corrected chi connectivity index (χ3v) is 5.15. The number of hydrogen-bond acceptors (Lipinski definition) is 5. The molecule has 0 bridgehead atoms. The van der Waals surface area contributed by atoms with Gasteiger partial charge in [0.1, 0.15) is 16.7 Å². The number of rotatable bonds is 4. The molecule has 0 atom stereocenters. The zero-order chi connectivity index (χ0) is 22.3. The van der Waals surface area contributed by atoms with Gasteiger partial charge in [0.15, 0.2) is 17.3 Å². The van der Waals surface area contributed by atoms with E-state index in [1.54, 1.807) is 14.0 Å². The number of nitrogens with zero attached hydrogens (tertiary/aromatic N) is 4. The lowest BCUT2D eigenvalue weighted by Gasteiger charge is -2.25. The lowest BCUT2D eigenvalue weighted by Crippen LogP contribution is -2.37. The van der Waals surface area contributed by atoms with Gasteiger partial charge in [-0.2, -0.15) is 0 Å². The van der Waals surface area contributed by atoms with Gasteiger partial charge in [-0.25, -0.2) is 13.9 Å². The van der Waals surface area contributed by atoms with Crippen LogP contribution in [0.3, 0.4) is 0 Å². The van der Waals surface area contributed by atoms with Gasteiger partial charge in [-0.15, -0.1) is 5.10 Å². The molecule has 4 rings (SSSR count). The van der Waals surface area contributed by atoms with E-state index in [1.165, 1.54) is 33.7 Å². The summed E-state index contributed by atoms with van der Waals surface area (Å²) in [6, 6.07) is 4.99. The number of halogens is 1. The lowest BCUT2D eigenvalue weighted by atomic mass is 10.2. The highest BCUT2D eigenvalue weighted by molar-refractivity contribution is 6.08. The molecule has 0 unspecified atom stereocenters. The minimum atomic E-state index is -0.629. The first-order chi connectivity index (χ1) is 14.8. The maximum Gasteiger partial charge on any atom is 0.320 e. The zero-order valence-corrected chi connectivity index (χ0v) is 17.0. The molecule has 2 aromatic heterocycles. The van der Waals surface area contributed by atoms with Crippen molar-refractivity contribution in [3.8, 4) is 5.75 Å². The molecule has 3 N–H and O–H groups in total. The Labute approximate surface area is 175 Å². The third kappa shape index (κ3) is 3.47. The molecule has 31 heavy (non-hydrogen) atoms. The van der Waals surface area contributed by atoms with Crippen molar-refractivity contribution in [2.75, 3.05) is 25.5 Å². The molecule has 3 amide bonds. The average Bonchev–Trinajstić information content (AvgIpc) is 3.03. The summed E-state index contributed by atoms with van der Waals surface area (Å²) in [4.78, 5) is 39.5. The van der Waals surface area contributed by atoms with Crippen LogP contribution in [0.2, 0.25) is 0 Å². The summed E-state index contributed by atoms with van der Waals surface area (Å²) < 4.78 is 15.8. The molecule has 1 aliphatic rings. The first-order valence-electron chi connectivity index (χ1n) is 9.72. The Morgan fingerprint density at radius 1 is 1.23 bits per heavy atom. The number of nitrogens with one attached hydrogen (secondary N) is 2. The minimum absolute atomic E-state index is 0.0209. The molecule has 10 nitrogen and oxygen atoms in total. The smallest absolute Gasteiger partial charge is 0.320 e. The van der Waals surface area contributed by atoms with Crippen LogP contribution < -0.4 is 16.2 Å². The fourth-order valence-corrected chi connectivity index (χ4v) is 3.64. The van der Waals surface area contributed by atoms with Crippen LogP contribution >= 0.6 is 0 Å². The minimum Gasteiger partial charge on any atom is -0.505 e. The van der Waals surface area contributed by atoms with E-state index in [2.05, 4.69) is 15.7 Å². The molecule has 162 valence electrons. The van der Waals surface area contributed by atoms with Gasteiger partial charge < -0.3 is 19.9 Å². The van der Waals surface area contributed by atoms with Gasteiger partial charge in [-0.05, 0) is 24.6 Å². The van der Waals surface area contributed by atoms with Gasteiger partial charge in [0.2, 0.25) is 0 Å². The number of urea groups is 1. The predicted molar refractivity (Wildman–Crippen MR) is 111 cm³/mol. The van der Waals surface area contributed by atoms with Crippen molar-refractivity contribution in [2.24, 2.45) is 0 Å². The van der Waals surface area contributed by atoms with Crippen LogP contribution in [-0.2, 0) is 13.1 Å². The molecular formula is C20H21FN6O4. The van der Waals surface area contributed by atoms with E-state index in [-0.39, 0.29) is 29.0 Å². The van der Waals surface area contributed by atoms with Crippen molar-refractivity contribution in [2.45, 2.75) is 20.0 Å². The number of anilines is 1. The normalized spacial score (nSPS) is 13.4. The second-order valence-electron chi connectivity index (χ2n) is 7.22. The average molecular weight is 428 g/mol. The van der Waals surface area contributed by atoms with Crippen LogP contribution in [0, 0.1) is 5.82 Å². The number of likely N-dealkylation sites (N-methyl/N-ethyl adjacent to an activating group) is 1. The van der Waals surface area contributed by atoms with Gasteiger partial charge in [0, 0.05) is 26.7 Å². The number of fused-ring (bicyclic) bond motifs is 3. The summed E-state index contributed by atoms with van der Waals surface area (Å²) in [5.74, 6) is -1.28. The third-order valence-electron chi connectivity index (χ3n) is 5.15. The lowest BCUT2D eigenvalue weighted by molar-refractivity contribution is 0.0747. The largest absolute Gasteiger partial charge is 0.505 e. The van der Waals surface area contributed by atoms with Gasteiger partial charge >= 0.3 is 6.03 Å². The summed E-state index contributed by atoms with van der Waals surface area (Å²) in [5, 5.41) is 20.2. The van der Waals surface area contributed by atoms with E-state index in [4.69, 9.17) is 0 Å². The molecule has 0 radical (unpaired) electrons. The SMILES string of the molecule is CCNC(=O)Nc1nn(Cc2ccc(F)cc2)c(=O)c2c(O)c3n(c12)CCN(C)C3=O. The van der Waals surface area contributed by atoms with Gasteiger partial charge in [0.05, 0.1) is 6.54 Å². The van der Waals surface area contributed by atoms with Crippen molar-refractivity contribution in [3.63, 3.8) is 0 Å². The van der Waals surface area contributed by atoms with Crippen LogP contribution in [0.4, 0.5) is 15.0 Å². The Bertz CT molecular complexity index is 1250. The number of aromatic hydroxyl groups is 1. The van der Waals surface area contributed by atoms with Crippen LogP contribution in [0.1, 0.15) is 23.0 Å². The second kappa shape index (κ2) is 7.74. The molecule has 0 saturated carbocycles. The summed E-state index contributed by atoms with van der Waals surface area (Å²) >= 11 is 0. The number of carbonyl (C=O) groups is 2. The standard InChI is InChI=1S/C20H21FN6O4/c1-3-22-20(31)23-17-14-13(16(28)15-19(30)25(2)8-9-26(14)15)18(29)27(24-17)10-11-4-6-12(21)7-5-11/h4-7,28H,3,8-10H2,1-2H3,(H2,22,23,24,31). The van der Waals surface area contributed by atoms with Crippen LogP contribution in [0.5, 0.6) is 5.75 Å². The van der Waals surface area contributed by atoms with Crippen molar-refractivity contribution >= 4 is 28.7 Å². The van der Waals surface area contributed by atoms with E-state index in [0.29, 0.717) is 25.2 Å². The number of amides is 3. The molecular weight excluding hydrogens is 407 g/mol. The maximum absolute atomic E-state index is 13.2. The number of benzene rings is 1. The number of aromatic nitrogens is 3. The fourth-order valence-electron chi connectivity index (χ4n) is 3.64. The summed E-state index contributed by atoms with van der Waals surface area (Å²) in [6.45, 7) is 2.78. The fraction of sp³-hybridized carbons (Fsp3) is 0.300. The van der Waals surface area contributed by atoms with E-state index in [1.807, 2.05) is 0 Å². The number of carbonyl (C=O) groups excluding carboxylic acids is 2. The molecule has 3 aromatic rings. The predicted octanol–water partition coefficient (Wildman–Crippen LogP) is 1.32. The maximum atomic E-state index is 13.2. The topological polar surface area (TPSA) is 121 Å². The Morgan fingerprint density at radius 2 is 1.94 bits per heavy atom. The van der Waals surface area contributed by atoms with Crippen molar-refractivity contribution in [1.29, 1.82) is 0 Å². The van der Waals surface area contributed by atoms with Crippen LogP contribution in [0.15, 0.2) is 29.1 Å². The highest BCUT2D eigenvalue weighted by Crippen LogP contribution is 2.35. The Hall–Kier alpha value is -3.89. The van der Waals surface area contributed by atoms with E-state index in [9.17, 15) is 23.9 Å². The first kappa shape index (κ1) is 20.4. The first-order valence-corrected chi connectivity index (χ1v) is 9.72. The monoisotopic (exact) mass is 428 g/mol. The summed E-state index contributed by atoms with van der Waals surface area (Å²) in [5.41, 5.74) is 0.121. The van der Waals surface area contributed by atoms with E-state index >= 15 is 0 Å². The quantitative estimate of drug-likeness (QED) is 0.579. The highest BCUT2D eigenvalue weighted by atomic mass is 19.1. The summed E-state index contributed by atoms with van der Waals surface area (Å²) in [7, 11) is 1.60. The molecule has 11 heteroatoms. The molecule has 0 spiro atoms. The molecule has 0 aliphatic carbocycles.